The van der Waals surface area contributed by atoms with Gasteiger partial charge in [-0.05, 0) is 0 Å². The molecule has 4 nitrogen and oxygen atoms in total. The Morgan fingerprint density at radius 1 is 1.10 bits per heavy atom. The van der Waals surface area contributed by atoms with Crippen molar-refractivity contribution < 1.29 is 27.4 Å². The molecule has 2 heterocycles. The molecule has 0 saturated carbocycles. The fourth-order valence-corrected chi connectivity index (χ4v) is 3.09. The first-order chi connectivity index (χ1) is 9.50. The van der Waals surface area contributed by atoms with Gasteiger partial charge in [-0.3, -0.25) is 0 Å². The van der Waals surface area contributed by atoms with E-state index >= 15 is 0 Å². The number of rotatable bonds is 1. The SMILES string of the molecule is FC(F)(F)C1CC2(CC=C1N1CCOCC1)OCCO2. The highest BCUT2D eigenvalue weighted by Crippen LogP contribution is 2.46. The summed E-state index contributed by atoms with van der Waals surface area (Å²) in [5.74, 6) is -2.59. The molecule has 7 heteroatoms. The summed E-state index contributed by atoms with van der Waals surface area (Å²) in [6.45, 7) is 2.69. The van der Waals surface area contributed by atoms with Crippen molar-refractivity contribution in [1.29, 1.82) is 0 Å². The average molecular weight is 293 g/mol. The van der Waals surface area contributed by atoms with Gasteiger partial charge in [0.25, 0.3) is 0 Å². The van der Waals surface area contributed by atoms with E-state index in [2.05, 4.69) is 0 Å². The van der Waals surface area contributed by atoms with E-state index < -0.39 is 17.9 Å². The largest absolute Gasteiger partial charge is 0.397 e. The number of hydrogen-bond donors (Lipinski definition) is 0. The van der Waals surface area contributed by atoms with Crippen LogP contribution in [0.5, 0.6) is 0 Å². The first-order valence-corrected chi connectivity index (χ1v) is 6.88. The zero-order valence-electron chi connectivity index (χ0n) is 11.1. The van der Waals surface area contributed by atoms with Crippen molar-refractivity contribution in [3.63, 3.8) is 0 Å². The minimum absolute atomic E-state index is 0.153. The molecule has 0 bridgehead atoms. The molecule has 1 unspecified atom stereocenters. The summed E-state index contributed by atoms with van der Waals surface area (Å²) in [7, 11) is 0. The van der Waals surface area contributed by atoms with Gasteiger partial charge in [0, 0.05) is 31.6 Å². The van der Waals surface area contributed by atoms with Crippen LogP contribution in [0.25, 0.3) is 0 Å². The predicted octanol–water partition coefficient (Wildman–Crippen LogP) is 1.92. The highest BCUT2D eigenvalue weighted by Gasteiger charge is 2.52. The lowest BCUT2D eigenvalue weighted by Gasteiger charge is -2.42. The van der Waals surface area contributed by atoms with Gasteiger partial charge in [-0.2, -0.15) is 13.2 Å². The first-order valence-electron chi connectivity index (χ1n) is 6.88. The third kappa shape index (κ3) is 2.66. The fraction of sp³-hybridized carbons (Fsp3) is 0.846. The van der Waals surface area contributed by atoms with Gasteiger partial charge in [0.05, 0.1) is 32.3 Å². The number of alkyl halides is 3. The number of nitrogens with zero attached hydrogens (tertiary/aromatic N) is 1. The Labute approximate surface area is 115 Å². The van der Waals surface area contributed by atoms with Crippen molar-refractivity contribution in [1.82, 2.24) is 4.90 Å². The molecule has 1 spiro atoms. The van der Waals surface area contributed by atoms with Crippen LogP contribution < -0.4 is 0 Å². The van der Waals surface area contributed by atoms with Gasteiger partial charge < -0.3 is 19.1 Å². The summed E-state index contributed by atoms with van der Waals surface area (Å²) in [6.07, 6.45) is -2.42. The van der Waals surface area contributed by atoms with E-state index in [1.54, 1.807) is 11.0 Å². The van der Waals surface area contributed by atoms with Crippen molar-refractivity contribution in [2.24, 2.45) is 5.92 Å². The predicted molar refractivity (Wildman–Crippen MR) is 63.9 cm³/mol. The molecule has 20 heavy (non-hydrogen) atoms. The fourth-order valence-electron chi connectivity index (χ4n) is 3.09. The van der Waals surface area contributed by atoms with Gasteiger partial charge in [0.1, 0.15) is 0 Å². The van der Waals surface area contributed by atoms with Gasteiger partial charge in [-0.25, -0.2) is 0 Å². The van der Waals surface area contributed by atoms with Crippen LogP contribution in [-0.2, 0) is 14.2 Å². The Morgan fingerprint density at radius 2 is 1.75 bits per heavy atom. The van der Waals surface area contributed by atoms with Crippen molar-refractivity contribution in [2.45, 2.75) is 24.8 Å². The lowest BCUT2D eigenvalue weighted by Crippen LogP contribution is -2.47. The molecular weight excluding hydrogens is 275 g/mol. The van der Waals surface area contributed by atoms with Crippen LogP contribution in [0.4, 0.5) is 13.2 Å². The van der Waals surface area contributed by atoms with E-state index in [0.717, 1.165) is 0 Å². The van der Waals surface area contributed by atoms with Crippen LogP contribution in [-0.4, -0.2) is 56.4 Å². The maximum atomic E-state index is 13.4. The minimum atomic E-state index is -4.28. The molecule has 2 fully saturated rings. The van der Waals surface area contributed by atoms with Crippen molar-refractivity contribution in [2.75, 3.05) is 39.5 Å². The Hall–Kier alpha value is -0.790. The van der Waals surface area contributed by atoms with E-state index in [-0.39, 0.29) is 6.42 Å². The molecule has 1 aliphatic carbocycles. The molecule has 0 radical (unpaired) electrons. The highest BCUT2D eigenvalue weighted by molar-refractivity contribution is 5.16. The molecule has 0 N–H and O–H groups in total. The number of allylic oxidation sites excluding steroid dienone is 1. The van der Waals surface area contributed by atoms with E-state index in [0.29, 0.717) is 51.6 Å². The van der Waals surface area contributed by atoms with E-state index in [1.807, 2.05) is 0 Å². The Bertz CT molecular complexity index is 385. The lowest BCUT2D eigenvalue weighted by molar-refractivity contribution is -0.226. The molecule has 3 aliphatic rings. The maximum Gasteiger partial charge on any atom is 0.397 e. The number of halogens is 3. The monoisotopic (exact) mass is 293 g/mol. The topological polar surface area (TPSA) is 30.9 Å². The minimum Gasteiger partial charge on any atom is -0.378 e. The van der Waals surface area contributed by atoms with Crippen LogP contribution in [0.3, 0.4) is 0 Å². The second-order valence-electron chi connectivity index (χ2n) is 5.34. The molecule has 0 aromatic rings. The zero-order chi connectivity index (χ0) is 14.2. The van der Waals surface area contributed by atoms with Crippen molar-refractivity contribution >= 4 is 0 Å². The van der Waals surface area contributed by atoms with Crippen LogP contribution in [0.1, 0.15) is 12.8 Å². The molecule has 0 aromatic heterocycles. The van der Waals surface area contributed by atoms with Crippen LogP contribution in [0.15, 0.2) is 11.8 Å². The quantitative estimate of drug-likeness (QED) is 0.739. The smallest absolute Gasteiger partial charge is 0.378 e. The molecule has 1 atom stereocenters. The van der Waals surface area contributed by atoms with E-state index in [1.165, 1.54) is 0 Å². The lowest BCUT2D eigenvalue weighted by atomic mass is 9.86. The normalized spacial score (nSPS) is 30.6. The Kier molecular flexibility index (Phi) is 3.68. The molecule has 0 aromatic carbocycles. The molecule has 0 amide bonds. The molecule has 2 aliphatic heterocycles. The number of morpholine rings is 1. The van der Waals surface area contributed by atoms with Gasteiger partial charge in [-0.15, -0.1) is 0 Å². The van der Waals surface area contributed by atoms with Gasteiger partial charge in [0.2, 0.25) is 0 Å². The average Bonchev–Trinajstić information content (AvgIpc) is 2.87. The third-order valence-electron chi connectivity index (χ3n) is 4.08. The van der Waals surface area contributed by atoms with Crippen molar-refractivity contribution in [3.05, 3.63) is 11.8 Å². The summed E-state index contributed by atoms with van der Waals surface area (Å²) in [4.78, 5) is 1.78. The third-order valence-corrected chi connectivity index (χ3v) is 4.08. The summed E-state index contributed by atoms with van der Waals surface area (Å²) in [5.41, 5.74) is 0.352. The molecule has 2 saturated heterocycles. The summed E-state index contributed by atoms with van der Waals surface area (Å²) < 4.78 is 56.2. The first kappa shape index (κ1) is 14.2. The van der Waals surface area contributed by atoms with Crippen LogP contribution in [0, 0.1) is 5.92 Å². The summed E-state index contributed by atoms with van der Waals surface area (Å²) in [6, 6.07) is 0. The number of hydrogen-bond acceptors (Lipinski definition) is 4. The Morgan fingerprint density at radius 3 is 2.35 bits per heavy atom. The van der Waals surface area contributed by atoms with Gasteiger partial charge in [-0.1, -0.05) is 6.08 Å². The van der Waals surface area contributed by atoms with Gasteiger partial charge >= 0.3 is 6.18 Å². The molecule has 114 valence electrons. The van der Waals surface area contributed by atoms with Crippen molar-refractivity contribution in [3.8, 4) is 0 Å². The zero-order valence-corrected chi connectivity index (χ0v) is 11.1. The second-order valence-corrected chi connectivity index (χ2v) is 5.34. The Balaban J connectivity index is 1.84. The van der Waals surface area contributed by atoms with E-state index in [4.69, 9.17) is 14.2 Å². The standard InChI is InChI=1S/C13H18F3NO3/c14-13(15,16)10-9-12(19-7-8-20-12)2-1-11(10)17-3-5-18-6-4-17/h1,10H,2-9H2. The highest BCUT2D eigenvalue weighted by atomic mass is 19.4. The van der Waals surface area contributed by atoms with E-state index in [9.17, 15) is 13.2 Å². The molecular formula is C13H18F3NO3. The second kappa shape index (κ2) is 5.20. The summed E-state index contributed by atoms with van der Waals surface area (Å²) in [5, 5.41) is 0. The van der Waals surface area contributed by atoms with Gasteiger partial charge in [0.15, 0.2) is 5.79 Å². The van der Waals surface area contributed by atoms with Crippen LogP contribution in [0.2, 0.25) is 0 Å². The summed E-state index contributed by atoms with van der Waals surface area (Å²) >= 11 is 0. The maximum absolute atomic E-state index is 13.4. The van der Waals surface area contributed by atoms with Crippen LogP contribution >= 0.6 is 0 Å². The number of ether oxygens (including phenoxy) is 3. The molecule has 3 rings (SSSR count).